The second-order valence-corrected chi connectivity index (χ2v) is 5.07. The summed E-state index contributed by atoms with van der Waals surface area (Å²) >= 11 is -0.495. The van der Waals surface area contributed by atoms with Crippen LogP contribution in [0.1, 0.15) is 0 Å². The second-order valence-electron chi connectivity index (χ2n) is 2.37. The molecule has 0 fully saturated rings. The van der Waals surface area contributed by atoms with Crippen molar-refractivity contribution in [3.63, 3.8) is 0 Å². The van der Waals surface area contributed by atoms with Crippen LogP contribution in [0.3, 0.4) is 0 Å². The van der Waals surface area contributed by atoms with Gasteiger partial charge >= 0.3 is 76.9 Å². The molecular weight excluding hydrogens is 217 g/mol. The van der Waals surface area contributed by atoms with E-state index in [-0.39, 0.29) is 11.7 Å². The summed E-state index contributed by atoms with van der Waals surface area (Å²) in [5.74, 6) is -0.0148. The van der Waals surface area contributed by atoms with Crippen molar-refractivity contribution in [2.75, 3.05) is 0 Å². The molecule has 12 heavy (non-hydrogen) atoms. The number of primary amides is 1. The van der Waals surface area contributed by atoms with E-state index in [4.69, 9.17) is 10.8 Å². The number of aromatic hydroxyl groups is 1. The maximum absolute atomic E-state index is 10.4. The molecule has 0 heterocycles. The molecule has 0 spiro atoms. The number of hydrogen-bond donors (Lipinski definition) is 2. The van der Waals surface area contributed by atoms with E-state index < -0.39 is 15.8 Å². The van der Waals surface area contributed by atoms with Gasteiger partial charge in [-0.05, 0) is 0 Å². The van der Waals surface area contributed by atoms with E-state index in [0.29, 0.717) is 5.21 Å². The van der Waals surface area contributed by atoms with Crippen LogP contribution in [0.15, 0.2) is 24.3 Å². The molecule has 0 aromatic heterocycles. The average Bonchev–Trinajstić information content (AvgIpc) is 2.01. The Balaban J connectivity index is 2.57. The van der Waals surface area contributed by atoms with Gasteiger partial charge in [0.2, 0.25) is 0 Å². The Morgan fingerprint density at radius 3 is 2.92 bits per heavy atom. The van der Waals surface area contributed by atoms with E-state index in [1.807, 2.05) is 6.07 Å². The Kier molecular flexibility index (Phi) is 3.17. The number of phenols is 1. The third kappa shape index (κ3) is 2.97. The van der Waals surface area contributed by atoms with Gasteiger partial charge in [-0.1, -0.05) is 0 Å². The van der Waals surface area contributed by atoms with Gasteiger partial charge in [-0.15, -0.1) is 0 Å². The number of rotatable bonds is 3. The van der Waals surface area contributed by atoms with Gasteiger partial charge in [0.25, 0.3) is 0 Å². The van der Waals surface area contributed by atoms with Crippen LogP contribution in [-0.2, 0) is 4.79 Å². The molecular formula is C8H10AsNO2. The normalized spacial score (nSPS) is 10.7. The van der Waals surface area contributed by atoms with Crippen molar-refractivity contribution >= 4 is 26.0 Å². The van der Waals surface area contributed by atoms with Crippen molar-refractivity contribution < 1.29 is 9.90 Å². The molecule has 1 atom stereocenters. The fourth-order valence-electron chi connectivity index (χ4n) is 0.805. The zero-order valence-corrected chi connectivity index (χ0v) is 8.55. The first-order valence-electron chi connectivity index (χ1n) is 3.49. The molecule has 1 amide bonds. The van der Waals surface area contributed by atoms with E-state index in [9.17, 15) is 4.79 Å². The van der Waals surface area contributed by atoms with Crippen molar-refractivity contribution in [3.8, 4) is 5.75 Å². The summed E-state index contributed by atoms with van der Waals surface area (Å²) < 4.78 is 1.05. The van der Waals surface area contributed by atoms with Crippen molar-refractivity contribution in [1.29, 1.82) is 0 Å². The quantitative estimate of drug-likeness (QED) is 0.674. The summed E-state index contributed by atoms with van der Waals surface area (Å²) in [6.07, 6.45) is 0. The first kappa shape index (κ1) is 9.14. The number of carbonyl (C=O) groups excluding carboxylic acids is 1. The molecule has 0 bridgehead atoms. The molecule has 1 aromatic carbocycles. The number of amides is 1. The summed E-state index contributed by atoms with van der Waals surface area (Å²) in [4.78, 5) is 10.4. The Morgan fingerprint density at radius 1 is 1.58 bits per heavy atom. The van der Waals surface area contributed by atoms with Gasteiger partial charge in [-0.2, -0.15) is 0 Å². The van der Waals surface area contributed by atoms with Crippen LogP contribution < -0.4 is 10.1 Å². The van der Waals surface area contributed by atoms with E-state index in [2.05, 4.69) is 0 Å². The van der Waals surface area contributed by atoms with Gasteiger partial charge in [0.1, 0.15) is 0 Å². The zero-order chi connectivity index (χ0) is 8.97. The van der Waals surface area contributed by atoms with Crippen LogP contribution in [0.2, 0.25) is 5.21 Å². The standard InChI is InChI=1S/C8H10AsNO2/c10-8(12)5-9-6-2-1-3-7(11)4-6/h1-4,9,11H,5H2,(H2,10,12). The van der Waals surface area contributed by atoms with E-state index >= 15 is 0 Å². The summed E-state index contributed by atoms with van der Waals surface area (Å²) in [5, 5.41) is 9.53. The van der Waals surface area contributed by atoms with E-state index in [1.54, 1.807) is 18.2 Å². The minimum absolute atomic E-state index is 0.251. The second kappa shape index (κ2) is 4.17. The molecule has 0 saturated carbocycles. The predicted molar refractivity (Wildman–Crippen MR) is 48.9 cm³/mol. The fraction of sp³-hybridized carbons (Fsp3) is 0.125. The van der Waals surface area contributed by atoms with Crippen LogP contribution >= 0.6 is 0 Å². The molecule has 1 rings (SSSR count). The number of benzene rings is 1. The first-order chi connectivity index (χ1) is 5.68. The van der Waals surface area contributed by atoms with Gasteiger partial charge in [-0.25, -0.2) is 0 Å². The third-order valence-electron chi connectivity index (χ3n) is 1.31. The minimum atomic E-state index is -0.495. The van der Waals surface area contributed by atoms with Gasteiger partial charge < -0.3 is 0 Å². The molecule has 0 aliphatic heterocycles. The Hall–Kier alpha value is -0.952. The van der Waals surface area contributed by atoms with Crippen LogP contribution in [0.4, 0.5) is 0 Å². The van der Waals surface area contributed by atoms with Crippen molar-refractivity contribution in [1.82, 2.24) is 0 Å². The average molecular weight is 227 g/mol. The van der Waals surface area contributed by atoms with Crippen LogP contribution in [0.5, 0.6) is 5.75 Å². The van der Waals surface area contributed by atoms with Gasteiger partial charge in [0.05, 0.1) is 0 Å². The Labute approximate surface area is 77.3 Å². The van der Waals surface area contributed by atoms with Crippen LogP contribution in [0, 0.1) is 0 Å². The molecule has 4 heteroatoms. The summed E-state index contributed by atoms with van der Waals surface area (Å²) in [6.45, 7) is 0. The fourth-order valence-corrected chi connectivity index (χ4v) is 2.57. The summed E-state index contributed by atoms with van der Waals surface area (Å²) in [6, 6.07) is 6.97. The number of nitrogens with two attached hydrogens (primary N) is 1. The predicted octanol–water partition coefficient (Wildman–Crippen LogP) is -0.642. The number of carbonyl (C=O) groups is 1. The van der Waals surface area contributed by atoms with E-state index in [1.165, 1.54) is 0 Å². The monoisotopic (exact) mass is 227 g/mol. The molecule has 3 N–H and O–H groups in total. The van der Waals surface area contributed by atoms with Crippen LogP contribution in [0.25, 0.3) is 0 Å². The number of hydrogen-bond acceptors (Lipinski definition) is 2. The third-order valence-corrected chi connectivity index (χ3v) is 3.92. The van der Waals surface area contributed by atoms with E-state index in [0.717, 1.165) is 4.35 Å². The van der Waals surface area contributed by atoms with Gasteiger partial charge in [-0.3, -0.25) is 0 Å². The van der Waals surface area contributed by atoms with Crippen molar-refractivity contribution in [2.45, 2.75) is 5.21 Å². The maximum atomic E-state index is 10.4. The van der Waals surface area contributed by atoms with Crippen molar-refractivity contribution in [2.24, 2.45) is 5.73 Å². The molecule has 0 aliphatic carbocycles. The zero-order valence-electron chi connectivity index (χ0n) is 6.45. The molecule has 3 nitrogen and oxygen atoms in total. The molecule has 64 valence electrons. The Morgan fingerprint density at radius 2 is 2.33 bits per heavy atom. The SMILES string of the molecule is NC(=O)C[AsH]c1cccc(O)c1. The number of phenolic OH excluding ortho intramolecular Hbond substituents is 1. The molecule has 0 radical (unpaired) electrons. The van der Waals surface area contributed by atoms with Crippen molar-refractivity contribution in [3.05, 3.63) is 24.3 Å². The van der Waals surface area contributed by atoms with Gasteiger partial charge in [0.15, 0.2) is 0 Å². The van der Waals surface area contributed by atoms with Crippen LogP contribution in [-0.4, -0.2) is 26.8 Å². The first-order valence-corrected chi connectivity index (χ1v) is 6.03. The Bertz CT molecular complexity index is 288. The molecule has 1 unspecified atom stereocenters. The topological polar surface area (TPSA) is 63.3 Å². The molecule has 1 aromatic rings. The molecule has 0 saturated heterocycles. The molecule has 0 aliphatic rings. The summed E-state index contributed by atoms with van der Waals surface area (Å²) in [7, 11) is 0. The summed E-state index contributed by atoms with van der Waals surface area (Å²) in [5.41, 5.74) is 5.01. The van der Waals surface area contributed by atoms with Gasteiger partial charge in [0, 0.05) is 0 Å².